The van der Waals surface area contributed by atoms with Gasteiger partial charge in [-0.2, -0.15) is 0 Å². The second-order valence-electron chi connectivity index (χ2n) is 5.16. The lowest BCUT2D eigenvalue weighted by Gasteiger charge is -2.13. The van der Waals surface area contributed by atoms with Crippen molar-refractivity contribution in [2.75, 3.05) is 11.1 Å². The van der Waals surface area contributed by atoms with Crippen molar-refractivity contribution in [2.45, 2.75) is 19.9 Å². The fraction of sp³-hybridized carbons (Fsp3) is 0.188. The summed E-state index contributed by atoms with van der Waals surface area (Å²) in [5.41, 5.74) is 8.28. The molecule has 0 aliphatic carbocycles. The van der Waals surface area contributed by atoms with Crippen LogP contribution in [0.1, 0.15) is 24.2 Å². The normalized spacial score (nSPS) is 10.6. The topological polar surface area (TPSA) is 67.2 Å². The first-order valence-corrected chi connectivity index (χ1v) is 7.55. The van der Waals surface area contributed by atoms with Gasteiger partial charge in [-0.1, -0.05) is 29.3 Å². The number of hydrogen-bond acceptors (Lipinski definition) is 3. The van der Waals surface area contributed by atoms with Gasteiger partial charge < -0.3 is 16.4 Å². The van der Waals surface area contributed by atoms with Crippen LogP contribution in [0.2, 0.25) is 10.0 Å². The van der Waals surface area contributed by atoms with Gasteiger partial charge in [-0.15, -0.1) is 0 Å². The summed E-state index contributed by atoms with van der Waals surface area (Å²) in [5.74, 6) is -0.158. The SMILES string of the molecule is CC(C)NC(=O)c1ccc(Nc2cccc(Cl)c2Cl)c(N)c1. The molecular formula is C16H17Cl2N3O. The fourth-order valence-corrected chi connectivity index (χ4v) is 2.26. The Bertz CT molecular complexity index is 702. The van der Waals surface area contributed by atoms with Crippen LogP contribution in [-0.4, -0.2) is 11.9 Å². The lowest BCUT2D eigenvalue weighted by atomic mass is 10.1. The van der Waals surface area contributed by atoms with Gasteiger partial charge in [0.25, 0.3) is 5.91 Å². The van der Waals surface area contributed by atoms with E-state index in [2.05, 4.69) is 10.6 Å². The molecule has 6 heteroatoms. The van der Waals surface area contributed by atoms with E-state index in [0.29, 0.717) is 32.7 Å². The van der Waals surface area contributed by atoms with E-state index in [1.54, 1.807) is 36.4 Å². The Morgan fingerprint density at radius 1 is 1.14 bits per heavy atom. The zero-order valence-corrected chi connectivity index (χ0v) is 13.8. The van der Waals surface area contributed by atoms with Gasteiger partial charge in [-0.05, 0) is 44.2 Å². The smallest absolute Gasteiger partial charge is 0.251 e. The molecule has 0 spiro atoms. The van der Waals surface area contributed by atoms with Crippen molar-refractivity contribution < 1.29 is 4.79 Å². The molecule has 0 saturated carbocycles. The van der Waals surface area contributed by atoms with Crippen LogP contribution in [0.4, 0.5) is 17.1 Å². The third-order valence-corrected chi connectivity index (χ3v) is 3.77. The Morgan fingerprint density at radius 2 is 1.86 bits per heavy atom. The summed E-state index contributed by atoms with van der Waals surface area (Å²) in [7, 11) is 0. The molecule has 0 saturated heterocycles. The monoisotopic (exact) mass is 337 g/mol. The maximum absolute atomic E-state index is 12.0. The average Bonchev–Trinajstić information content (AvgIpc) is 2.45. The van der Waals surface area contributed by atoms with Crippen LogP contribution in [0.3, 0.4) is 0 Å². The number of benzene rings is 2. The van der Waals surface area contributed by atoms with E-state index in [-0.39, 0.29) is 11.9 Å². The third kappa shape index (κ3) is 3.84. The molecule has 0 heterocycles. The minimum absolute atomic E-state index is 0.0665. The highest BCUT2D eigenvalue weighted by atomic mass is 35.5. The lowest BCUT2D eigenvalue weighted by molar-refractivity contribution is 0.0943. The molecule has 0 unspecified atom stereocenters. The van der Waals surface area contributed by atoms with E-state index in [0.717, 1.165) is 0 Å². The number of anilines is 3. The number of halogens is 2. The minimum Gasteiger partial charge on any atom is -0.397 e. The molecule has 22 heavy (non-hydrogen) atoms. The number of hydrogen-bond donors (Lipinski definition) is 3. The van der Waals surface area contributed by atoms with Crippen LogP contribution < -0.4 is 16.4 Å². The van der Waals surface area contributed by atoms with Crippen molar-refractivity contribution in [1.82, 2.24) is 5.32 Å². The molecule has 4 nitrogen and oxygen atoms in total. The van der Waals surface area contributed by atoms with Crippen molar-refractivity contribution >= 4 is 46.2 Å². The van der Waals surface area contributed by atoms with Crippen molar-refractivity contribution in [3.63, 3.8) is 0 Å². The Morgan fingerprint density at radius 3 is 2.50 bits per heavy atom. The van der Waals surface area contributed by atoms with Gasteiger partial charge in [0.15, 0.2) is 0 Å². The molecule has 2 rings (SSSR count). The minimum atomic E-state index is -0.158. The van der Waals surface area contributed by atoms with Gasteiger partial charge in [0, 0.05) is 11.6 Å². The number of rotatable bonds is 4. The van der Waals surface area contributed by atoms with Crippen molar-refractivity contribution in [3.8, 4) is 0 Å². The molecule has 0 aromatic heterocycles. The second kappa shape index (κ2) is 6.90. The maximum atomic E-state index is 12.0. The maximum Gasteiger partial charge on any atom is 0.251 e. The Labute approximate surface area is 139 Å². The van der Waals surface area contributed by atoms with Crippen molar-refractivity contribution in [2.24, 2.45) is 0 Å². The van der Waals surface area contributed by atoms with Crippen molar-refractivity contribution in [1.29, 1.82) is 0 Å². The average molecular weight is 338 g/mol. The van der Waals surface area contributed by atoms with Gasteiger partial charge in [0.1, 0.15) is 0 Å². The molecule has 0 aliphatic heterocycles. The quantitative estimate of drug-likeness (QED) is 0.721. The van der Waals surface area contributed by atoms with Gasteiger partial charge in [-0.3, -0.25) is 4.79 Å². The molecule has 2 aromatic rings. The number of nitrogens with one attached hydrogen (secondary N) is 2. The predicted molar refractivity (Wildman–Crippen MR) is 93.2 cm³/mol. The van der Waals surface area contributed by atoms with Crippen LogP contribution in [0.5, 0.6) is 0 Å². The number of nitrogen functional groups attached to an aromatic ring is 1. The Kier molecular flexibility index (Phi) is 5.16. The molecule has 1 amide bonds. The zero-order chi connectivity index (χ0) is 16.3. The summed E-state index contributed by atoms with van der Waals surface area (Å²) >= 11 is 12.1. The largest absolute Gasteiger partial charge is 0.397 e. The lowest BCUT2D eigenvalue weighted by Crippen LogP contribution is -2.30. The van der Waals surface area contributed by atoms with Gasteiger partial charge in [0.05, 0.1) is 27.1 Å². The Hall–Kier alpha value is -1.91. The van der Waals surface area contributed by atoms with E-state index < -0.39 is 0 Å². The van der Waals surface area contributed by atoms with E-state index >= 15 is 0 Å². The number of nitrogens with two attached hydrogens (primary N) is 1. The summed E-state index contributed by atoms with van der Waals surface area (Å²) in [6.45, 7) is 3.80. The van der Waals surface area contributed by atoms with Crippen molar-refractivity contribution in [3.05, 3.63) is 52.0 Å². The highest BCUT2D eigenvalue weighted by molar-refractivity contribution is 6.43. The molecule has 116 valence electrons. The summed E-state index contributed by atoms with van der Waals surface area (Å²) in [5, 5.41) is 6.81. The van der Waals surface area contributed by atoms with Gasteiger partial charge >= 0.3 is 0 Å². The van der Waals surface area contributed by atoms with E-state index in [4.69, 9.17) is 28.9 Å². The number of carbonyl (C=O) groups is 1. The fourth-order valence-electron chi connectivity index (χ4n) is 1.91. The summed E-state index contributed by atoms with van der Waals surface area (Å²) in [6.07, 6.45) is 0. The van der Waals surface area contributed by atoms with Gasteiger partial charge in [0.2, 0.25) is 0 Å². The molecule has 0 bridgehead atoms. The highest BCUT2D eigenvalue weighted by Crippen LogP contribution is 2.33. The summed E-state index contributed by atoms with van der Waals surface area (Å²) in [4.78, 5) is 12.0. The second-order valence-corrected chi connectivity index (χ2v) is 5.94. The molecule has 2 aromatic carbocycles. The molecule has 0 aliphatic rings. The van der Waals surface area contributed by atoms with Crippen LogP contribution >= 0.6 is 23.2 Å². The third-order valence-electron chi connectivity index (χ3n) is 2.95. The molecule has 0 fully saturated rings. The molecular weight excluding hydrogens is 321 g/mol. The summed E-state index contributed by atoms with van der Waals surface area (Å²) in [6, 6.07) is 10.4. The standard InChI is InChI=1S/C16H17Cl2N3O/c1-9(2)20-16(22)10-6-7-13(12(19)8-10)21-14-5-3-4-11(17)15(14)18/h3-9,21H,19H2,1-2H3,(H,20,22). The molecule has 0 atom stereocenters. The van der Waals surface area contributed by atoms with Crippen LogP contribution in [0.25, 0.3) is 0 Å². The van der Waals surface area contributed by atoms with E-state index in [1.165, 1.54) is 0 Å². The first-order chi connectivity index (χ1) is 10.4. The zero-order valence-electron chi connectivity index (χ0n) is 12.3. The van der Waals surface area contributed by atoms with Crippen LogP contribution in [-0.2, 0) is 0 Å². The number of amides is 1. The van der Waals surface area contributed by atoms with E-state index in [9.17, 15) is 4.79 Å². The Balaban J connectivity index is 2.23. The first kappa shape index (κ1) is 16.5. The van der Waals surface area contributed by atoms with Crippen LogP contribution in [0.15, 0.2) is 36.4 Å². The predicted octanol–water partition coefficient (Wildman–Crippen LogP) is 4.46. The highest BCUT2D eigenvalue weighted by Gasteiger charge is 2.11. The van der Waals surface area contributed by atoms with Gasteiger partial charge in [-0.25, -0.2) is 0 Å². The van der Waals surface area contributed by atoms with E-state index in [1.807, 2.05) is 13.8 Å². The van der Waals surface area contributed by atoms with Crippen LogP contribution in [0, 0.1) is 0 Å². The first-order valence-electron chi connectivity index (χ1n) is 6.80. The number of carbonyl (C=O) groups excluding carboxylic acids is 1. The molecule has 4 N–H and O–H groups in total. The molecule has 0 radical (unpaired) electrons. The summed E-state index contributed by atoms with van der Waals surface area (Å²) < 4.78 is 0.